The first-order valence-corrected chi connectivity index (χ1v) is 31.9. The Hall–Kier alpha value is -3.79. The zero-order chi connectivity index (χ0) is 66.4. The number of fused-ring (bicyclic) bond motifs is 7. The van der Waals surface area contributed by atoms with Crippen molar-refractivity contribution in [2.75, 3.05) is 34.0 Å². The molecule has 0 radical (unpaired) electrons. The van der Waals surface area contributed by atoms with Crippen LogP contribution in [0.3, 0.4) is 0 Å². The Kier molecular flexibility index (Phi) is 20.3. The molecule has 4 aliphatic heterocycles. The van der Waals surface area contributed by atoms with Gasteiger partial charge >= 0.3 is 17.9 Å². The number of aliphatic hydroxyl groups is 13. The van der Waals surface area contributed by atoms with E-state index in [0.29, 0.717) is 37.7 Å². The summed E-state index contributed by atoms with van der Waals surface area (Å²) in [5, 5.41) is 141. The Morgan fingerprint density at radius 1 is 0.626 bits per heavy atom. The molecule has 9 aliphatic rings. The Bertz CT molecular complexity index is 2800. The van der Waals surface area contributed by atoms with E-state index >= 15 is 4.79 Å². The highest BCUT2D eigenvalue weighted by Crippen LogP contribution is 2.76. The van der Waals surface area contributed by atoms with Crippen LogP contribution >= 0.6 is 0 Å². The first-order valence-electron chi connectivity index (χ1n) is 31.9. The maximum Gasteiger partial charge on any atom is 0.337 e. The lowest BCUT2D eigenvalue weighted by Gasteiger charge is -2.71. The molecule has 28 unspecified atom stereocenters. The molecule has 4 saturated carbocycles. The third kappa shape index (κ3) is 12.2. The number of carbonyl (C=O) groups is 3. The van der Waals surface area contributed by atoms with Crippen molar-refractivity contribution in [3.8, 4) is 11.5 Å². The molecule has 514 valence electrons. The van der Waals surface area contributed by atoms with Crippen LogP contribution in [0.4, 0.5) is 0 Å². The first kappa shape index (κ1) is 70.0. The second-order valence-electron chi connectivity index (χ2n) is 29.1. The van der Waals surface area contributed by atoms with Gasteiger partial charge in [0.05, 0.1) is 46.2 Å². The Labute approximate surface area is 528 Å². The van der Waals surface area contributed by atoms with Crippen LogP contribution in [-0.4, -0.2) is 247 Å². The van der Waals surface area contributed by atoms with Gasteiger partial charge < -0.3 is 118 Å². The van der Waals surface area contributed by atoms with Crippen LogP contribution in [0.25, 0.3) is 0 Å². The molecule has 13 N–H and O–H groups in total. The van der Waals surface area contributed by atoms with Crippen LogP contribution in [0.5, 0.6) is 11.5 Å². The molecular formula is C64H96O27. The quantitative estimate of drug-likeness (QED) is 0.0421. The van der Waals surface area contributed by atoms with E-state index < -0.39 is 194 Å². The third-order valence-electron chi connectivity index (χ3n) is 23.3. The summed E-state index contributed by atoms with van der Waals surface area (Å²) >= 11 is 0. The molecule has 4 saturated heterocycles. The molecule has 28 atom stereocenters. The van der Waals surface area contributed by atoms with Crippen molar-refractivity contribution < 1.29 is 133 Å². The van der Waals surface area contributed by atoms with Gasteiger partial charge in [0.15, 0.2) is 36.3 Å². The molecule has 0 amide bonds. The van der Waals surface area contributed by atoms with Crippen LogP contribution in [0.2, 0.25) is 0 Å². The fourth-order valence-electron chi connectivity index (χ4n) is 17.8. The smallest absolute Gasteiger partial charge is 0.337 e. The highest BCUT2D eigenvalue weighted by atomic mass is 16.8. The van der Waals surface area contributed by atoms with Crippen LogP contribution in [0.15, 0.2) is 29.8 Å². The average molecular weight is 1300 g/mol. The molecule has 4 heterocycles. The summed E-state index contributed by atoms with van der Waals surface area (Å²) in [6.45, 7) is 13.3. The van der Waals surface area contributed by atoms with Crippen molar-refractivity contribution in [2.24, 2.45) is 50.2 Å². The van der Waals surface area contributed by atoms with Gasteiger partial charge in [0.2, 0.25) is 12.6 Å². The summed E-state index contributed by atoms with van der Waals surface area (Å²) in [6, 6.07) is 4.52. The molecule has 1 aromatic rings. The number of ether oxygens (including phenoxy) is 11. The zero-order valence-corrected chi connectivity index (χ0v) is 53.1. The monoisotopic (exact) mass is 1300 g/mol. The van der Waals surface area contributed by atoms with E-state index in [-0.39, 0.29) is 59.8 Å². The topological polar surface area (TPSA) is 416 Å². The van der Waals surface area contributed by atoms with E-state index in [2.05, 4.69) is 54.5 Å². The minimum absolute atomic E-state index is 0.0273. The van der Waals surface area contributed by atoms with Gasteiger partial charge in [-0.1, -0.05) is 66.2 Å². The van der Waals surface area contributed by atoms with Crippen molar-refractivity contribution >= 4 is 17.9 Å². The predicted molar refractivity (Wildman–Crippen MR) is 310 cm³/mol. The number of allylic oxidation sites excluding steroid dienone is 2. The second kappa shape index (κ2) is 26.3. The molecule has 10 rings (SSSR count). The van der Waals surface area contributed by atoms with Gasteiger partial charge in [-0.05, 0) is 127 Å². The highest BCUT2D eigenvalue weighted by Gasteiger charge is 2.72. The Morgan fingerprint density at radius 2 is 1.25 bits per heavy atom. The van der Waals surface area contributed by atoms with Crippen LogP contribution in [0, 0.1) is 50.2 Å². The molecule has 0 aromatic heterocycles. The van der Waals surface area contributed by atoms with Crippen LogP contribution < -0.4 is 9.47 Å². The first-order chi connectivity index (χ1) is 42.8. The average Bonchev–Trinajstić information content (AvgIpc) is 0.673. The van der Waals surface area contributed by atoms with Gasteiger partial charge in [-0.15, -0.1) is 0 Å². The number of aryl methyl sites for hydroxylation is 1. The van der Waals surface area contributed by atoms with Gasteiger partial charge in [-0.25, -0.2) is 4.79 Å². The fraction of sp³-hybridized carbons (Fsp3) is 0.828. The van der Waals surface area contributed by atoms with Crippen molar-refractivity contribution in [3.63, 3.8) is 0 Å². The maximum atomic E-state index is 15.8. The number of methoxy groups -OCH3 is 2. The molecule has 8 fully saturated rings. The van der Waals surface area contributed by atoms with E-state index in [1.807, 2.05) is 0 Å². The van der Waals surface area contributed by atoms with E-state index in [4.69, 9.17) is 52.1 Å². The summed E-state index contributed by atoms with van der Waals surface area (Å²) in [5.74, 6) is -2.97. The van der Waals surface area contributed by atoms with Crippen molar-refractivity contribution in [1.29, 1.82) is 0 Å². The largest absolute Gasteiger partial charge is 0.493 e. The number of hydrogen-bond acceptors (Lipinski definition) is 27. The van der Waals surface area contributed by atoms with Gasteiger partial charge in [0.25, 0.3) is 0 Å². The van der Waals surface area contributed by atoms with E-state index in [9.17, 15) is 76.0 Å². The third-order valence-corrected chi connectivity index (χ3v) is 23.3. The van der Waals surface area contributed by atoms with Gasteiger partial charge in [0.1, 0.15) is 84.8 Å². The normalized spacial score (nSPS) is 46.8. The fourth-order valence-corrected chi connectivity index (χ4v) is 17.8. The number of carbonyl (C=O) groups excluding carboxylic acids is 3. The number of aliphatic hydroxyl groups excluding tert-OH is 13. The summed E-state index contributed by atoms with van der Waals surface area (Å²) in [5.41, 5.74) is -2.25. The lowest BCUT2D eigenvalue weighted by Crippen LogP contribution is -2.68. The summed E-state index contributed by atoms with van der Waals surface area (Å²) in [4.78, 5) is 42.6. The number of rotatable bonds is 16. The van der Waals surface area contributed by atoms with E-state index in [1.54, 1.807) is 6.07 Å². The summed E-state index contributed by atoms with van der Waals surface area (Å²) < 4.78 is 64.4. The van der Waals surface area contributed by atoms with E-state index in [1.165, 1.54) is 19.2 Å². The lowest BCUT2D eigenvalue weighted by atomic mass is 9.33. The Morgan fingerprint density at radius 3 is 1.89 bits per heavy atom. The molecule has 0 bridgehead atoms. The number of benzene rings is 1. The van der Waals surface area contributed by atoms with Gasteiger partial charge in [-0.2, -0.15) is 0 Å². The molecular weight excluding hydrogens is 1200 g/mol. The van der Waals surface area contributed by atoms with Crippen molar-refractivity contribution in [3.05, 3.63) is 35.4 Å². The number of esters is 3. The van der Waals surface area contributed by atoms with Crippen LogP contribution in [0.1, 0.15) is 118 Å². The molecule has 27 heteroatoms. The van der Waals surface area contributed by atoms with Crippen molar-refractivity contribution in [1.82, 2.24) is 0 Å². The van der Waals surface area contributed by atoms with Gasteiger partial charge in [-0.3, -0.25) is 9.59 Å². The number of hydrogen-bond donors (Lipinski definition) is 13. The minimum atomic E-state index is -1.96. The second-order valence-corrected chi connectivity index (χ2v) is 29.1. The van der Waals surface area contributed by atoms with E-state index in [0.717, 1.165) is 25.5 Å². The summed E-state index contributed by atoms with van der Waals surface area (Å²) in [6.07, 6.45) is -27.0. The maximum absolute atomic E-state index is 15.8. The zero-order valence-electron chi connectivity index (χ0n) is 53.1. The molecule has 0 spiro atoms. The standard InChI is InChI=1S/C64H96O27/c1-59(2)20-21-64(30(23-59)29-12-14-37-61(5)18-17-39(87-56-49(78)45(74)46(75)51(90-56)53(79)82-9)60(3,4)36(61)16-19-62(37,6)63(29,7)24-38(64)68)58(80)91-57-52(50(31(67)27-83-57)89-55-48(77)44(73)42(71)35(26-66)86-55)88-40(69)15-11-28-10-13-32(33(22-28)81-8)84-54-47(76)43(72)41(70)34(25-65)85-54/h10,12-13,22,30-31,34-39,41-52,54-57,65-68,70-78H,11,14-21,23-27H2,1-9H3. The molecule has 91 heavy (non-hydrogen) atoms. The minimum Gasteiger partial charge on any atom is -0.493 e. The highest BCUT2D eigenvalue weighted by molar-refractivity contribution is 5.80. The molecule has 5 aliphatic carbocycles. The van der Waals surface area contributed by atoms with Gasteiger partial charge in [0, 0.05) is 6.42 Å². The molecule has 27 nitrogen and oxygen atoms in total. The SMILES string of the molecule is COC(=O)C1OC(OC2CCC3(C)C(CCC4(C)C3CC=C3C5CC(C)(C)CCC5(C(=O)OC5OCC(O)C(OC6OC(CO)C(O)C(O)C6O)C5OC(=O)CCc5ccc(OC6OC(CO)C(O)C(O)C6O)c(OC)c5)C(O)CC34C)C2(C)C)C(O)C(O)C1O. The van der Waals surface area contributed by atoms with Crippen molar-refractivity contribution in [2.45, 2.75) is 248 Å². The Balaban J connectivity index is 0.904. The molecule has 1 aromatic carbocycles. The van der Waals surface area contributed by atoms with Crippen LogP contribution in [-0.2, 0) is 63.4 Å². The predicted octanol–water partition coefficient (Wildman–Crippen LogP) is -0.698. The summed E-state index contributed by atoms with van der Waals surface area (Å²) in [7, 11) is 2.46. The lowest BCUT2D eigenvalue weighted by molar-refractivity contribution is -0.347.